The maximum Gasteiger partial charge on any atom is 0.256 e. The molecule has 1 fully saturated rings. The summed E-state index contributed by atoms with van der Waals surface area (Å²) in [6, 6.07) is 9.11. The zero-order valence-corrected chi connectivity index (χ0v) is 17.5. The minimum Gasteiger partial charge on any atom is -0.495 e. The van der Waals surface area contributed by atoms with Gasteiger partial charge < -0.3 is 19.7 Å². The number of piperazine rings is 1. The van der Waals surface area contributed by atoms with Gasteiger partial charge in [0.25, 0.3) is 5.91 Å². The third-order valence-electron chi connectivity index (χ3n) is 4.88. The number of anilines is 1. The van der Waals surface area contributed by atoms with E-state index in [1.165, 1.54) is 26.4 Å². The number of hydrogen-bond acceptors (Lipinski definition) is 5. The number of carbonyl (C=O) groups is 2. The minimum atomic E-state index is -0.531. The zero-order chi connectivity index (χ0) is 21.7. The second-order valence-electron chi connectivity index (χ2n) is 6.78. The van der Waals surface area contributed by atoms with Crippen LogP contribution < -0.4 is 14.8 Å². The number of amides is 2. The maximum atomic E-state index is 13.9. The van der Waals surface area contributed by atoms with Crippen molar-refractivity contribution in [1.29, 1.82) is 0 Å². The maximum absolute atomic E-state index is 13.9. The van der Waals surface area contributed by atoms with Crippen molar-refractivity contribution in [1.82, 2.24) is 9.80 Å². The first-order chi connectivity index (χ1) is 14.4. The standard InChI is InChI=1S/C21H23ClFN3O4/c1-29-18-12-17(19(30-2)11-15(18)22)24-20(27)13-25-7-9-26(10-8-25)21(28)14-5-3-4-6-16(14)23/h3-6,11-12H,7-10,13H2,1-2H3,(H,24,27). The summed E-state index contributed by atoms with van der Waals surface area (Å²) < 4.78 is 24.3. The highest BCUT2D eigenvalue weighted by atomic mass is 35.5. The number of nitrogens with one attached hydrogen (secondary N) is 1. The van der Waals surface area contributed by atoms with Crippen molar-refractivity contribution in [3.8, 4) is 11.5 Å². The van der Waals surface area contributed by atoms with E-state index in [-0.39, 0.29) is 23.9 Å². The van der Waals surface area contributed by atoms with E-state index in [4.69, 9.17) is 21.1 Å². The monoisotopic (exact) mass is 435 g/mol. The van der Waals surface area contributed by atoms with Crippen LogP contribution in [0, 0.1) is 5.82 Å². The summed E-state index contributed by atoms with van der Waals surface area (Å²) in [7, 11) is 2.97. The van der Waals surface area contributed by atoms with E-state index >= 15 is 0 Å². The van der Waals surface area contributed by atoms with E-state index in [2.05, 4.69) is 5.32 Å². The molecule has 7 nitrogen and oxygen atoms in total. The van der Waals surface area contributed by atoms with Gasteiger partial charge in [-0.25, -0.2) is 4.39 Å². The van der Waals surface area contributed by atoms with Gasteiger partial charge >= 0.3 is 0 Å². The van der Waals surface area contributed by atoms with E-state index in [0.29, 0.717) is 48.4 Å². The third-order valence-corrected chi connectivity index (χ3v) is 5.17. The molecule has 9 heteroatoms. The number of halogens is 2. The van der Waals surface area contributed by atoms with Gasteiger partial charge in [-0.2, -0.15) is 0 Å². The molecular formula is C21H23ClFN3O4. The van der Waals surface area contributed by atoms with E-state index in [1.807, 2.05) is 4.90 Å². The fourth-order valence-electron chi connectivity index (χ4n) is 3.27. The number of carbonyl (C=O) groups excluding carboxylic acids is 2. The Hall–Kier alpha value is -2.84. The van der Waals surface area contributed by atoms with E-state index in [0.717, 1.165) is 0 Å². The number of nitrogens with zero attached hydrogens (tertiary/aromatic N) is 2. The van der Waals surface area contributed by atoms with Crippen LogP contribution in [0.3, 0.4) is 0 Å². The van der Waals surface area contributed by atoms with E-state index in [1.54, 1.807) is 29.2 Å². The van der Waals surface area contributed by atoms with Crippen LogP contribution in [0.25, 0.3) is 0 Å². The SMILES string of the molecule is COc1cc(NC(=O)CN2CCN(C(=O)c3ccccc3F)CC2)c(OC)cc1Cl. The summed E-state index contributed by atoms with van der Waals surface area (Å²) in [4.78, 5) is 28.5. The predicted molar refractivity (Wildman–Crippen MR) is 112 cm³/mol. The lowest BCUT2D eigenvalue weighted by atomic mass is 10.1. The lowest BCUT2D eigenvalue weighted by Gasteiger charge is -2.34. The van der Waals surface area contributed by atoms with Crippen molar-refractivity contribution in [2.45, 2.75) is 0 Å². The molecule has 0 bridgehead atoms. The molecule has 160 valence electrons. The van der Waals surface area contributed by atoms with Crippen molar-refractivity contribution in [2.24, 2.45) is 0 Å². The van der Waals surface area contributed by atoms with Crippen LogP contribution in [0.2, 0.25) is 5.02 Å². The molecule has 1 aliphatic heterocycles. The van der Waals surface area contributed by atoms with Crippen LogP contribution in [0.5, 0.6) is 11.5 Å². The van der Waals surface area contributed by atoms with E-state index < -0.39 is 5.82 Å². The number of methoxy groups -OCH3 is 2. The lowest BCUT2D eigenvalue weighted by molar-refractivity contribution is -0.117. The predicted octanol–water partition coefficient (Wildman–Crippen LogP) is 2.89. The Morgan fingerprint density at radius 2 is 1.73 bits per heavy atom. The fraction of sp³-hybridized carbons (Fsp3) is 0.333. The average Bonchev–Trinajstić information content (AvgIpc) is 2.75. The molecule has 2 aromatic carbocycles. The highest BCUT2D eigenvalue weighted by Gasteiger charge is 2.25. The van der Waals surface area contributed by atoms with Crippen molar-refractivity contribution >= 4 is 29.1 Å². The number of ether oxygens (including phenoxy) is 2. The Labute approximate surface area is 179 Å². The first kappa shape index (κ1) is 21.9. The molecule has 1 N–H and O–H groups in total. The molecule has 0 spiro atoms. The Kier molecular flexibility index (Phi) is 7.12. The van der Waals surface area contributed by atoms with Crippen molar-refractivity contribution in [3.63, 3.8) is 0 Å². The molecule has 3 rings (SSSR count). The molecule has 2 aromatic rings. The molecular weight excluding hydrogens is 413 g/mol. The molecule has 0 atom stereocenters. The summed E-state index contributed by atoms with van der Waals surface area (Å²) in [5, 5.41) is 3.18. The molecule has 0 saturated carbocycles. The van der Waals surface area contributed by atoms with Crippen LogP contribution in [0.4, 0.5) is 10.1 Å². The summed E-state index contributed by atoms with van der Waals surface area (Å²) in [6.45, 7) is 2.00. The van der Waals surface area contributed by atoms with Crippen LogP contribution >= 0.6 is 11.6 Å². The van der Waals surface area contributed by atoms with Gasteiger partial charge in [-0.1, -0.05) is 23.7 Å². The minimum absolute atomic E-state index is 0.0625. The second kappa shape index (κ2) is 9.77. The van der Waals surface area contributed by atoms with Crippen LogP contribution in [-0.2, 0) is 4.79 Å². The van der Waals surface area contributed by atoms with Crippen molar-refractivity contribution in [3.05, 3.63) is 52.8 Å². The quantitative estimate of drug-likeness (QED) is 0.755. The summed E-state index contributed by atoms with van der Waals surface area (Å²) in [6.07, 6.45) is 0. The fourth-order valence-corrected chi connectivity index (χ4v) is 3.50. The van der Waals surface area contributed by atoms with Gasteiger partial charge in [0, 0.05) is 38.3 Å². The van der Waals surface area contributed by atoms with Gasteiger partial charge in [0.1, 0.15) is 17.3 Å². The summed E-state index contributed by atoms with van der Waals surface area (Å²) >= 11 is 6.08. The lowest BCUT2D eigenvalue weighted by Crippen LogP contribution is -2.50. The van der Waals surface area contributed by atoms with Gasteiger partial charge in [0.05, 0.1) is 37.0 Å². The van der Waals surface area contributed by atoms with Gasteiger partial charge in [0.2, 0.25) is 5.91 Å². The van der Waals surface area contributed by atoms with Crippen LogP contribution in [0.15, 0.2) is 36.4 Å². The van der Waals surface area contributed by atoms with Crippen LogP contribution in [-0.4, -0.2) is 68.6 Å². The molecule has 0 aliphatic carbocycles. The van der Waals surface area contributed by atoms with Crippen molar-refractivity contribution in [2.75, 3.05) is 52.3 Å². The Balaban J connectivity index is 1.56. The van der Waals surface area contributed by atoms with Crippen LogP contribution in [0.1, 0.15) is 10.4 Å². The summed E-state index contributed by atoms with van der Waals surface area (Å²) in [5.41, 5.74) is 0.518. The van der Waals surface area contributed by atoms with Gasteiger partial charge in [-0.15, -0.1) is 0 Å². The molecule has 30 heavy (non-hydrogen) atoms. The van der Waals surface area contributed by atoms with Gasteiger partial charge in [-0.3, -0.25) is 14.5 Å². The largest absolute Gasteiger partial charge is 0.495 e. The topological polar surface area (TPSA) is 71.1 Å². The Morgan fingerprint density at radius 3 is 2.37 bits per heavy atom. The molecule has 0 unspecified atom stereocenters. The zero-order valence-electron chi connectivity index (χ0n) is 16.8. The number of hydrogen-bond donors (Lipinski definition) is 1. The molecule has 1 saturated heterocycles. The third kappa shape index (κ3) is 5.01. The number of benzene rings is 2. The second-order valence-corrected chi connectivity index (χ2v) is 7.19. The highest BCUT2D eigenvalue weighted by Crippen LogP contribution is 2.35. The van der Waals surface area contributed by atoms with Crippen molar-refractivity contribution < 1.29 is 23.5 Å². The summed E-state index contributed by atoms with van der Waals surface area (Å²) in [5.74, 6) is -0.249. The molecule has 2 amide bonds. The first-order valence-electron chi connectivity index (χ1n) is 9.40. The smallest absolute Gasteiger partial charge is 0.256 e. The Bertz CT molecular complexity index is 932. The average molecular weight is 436 g/mol. The van der Waals surface area contributed by atoms with E-state index in [9.17, 15) is 14.0 Å². The van der Waals surface area contributed by atoms with Gasteiger partial charge in [-0.05, 0) is 12.1 Å². The molecule has 1 aliphatic rings. The molecule has 0 radical (unpaired) electrons. The highest BCUT2D eigenvalue weighted by molar-refractivity contribution is 6.32. The molecule has 0 aromatic heterocycles. The van der Waals surface area contributed by atoms with Gasteiger partial charge in [0.15, 0.2) is 0 Å². The normalized spacial score (nSPS) is 14.3. The molecule has 1 heterocycles. The Morgan fingerprint density at radius 1 is 1.07 bits per heavy atom. The number of rotatable bonds is 6. The first-order valence-corrected chi connectivity index (χ1v) is 9.78.